The first-order valence-electron chi connectivity index (χ1n) is 20.6. The van der Waals surface area contributed by atoms with E-state index in [0.29, 0.717) is 35.5 Å². The zero-order chi connectivity index (χ0) is 41.8. The van der Waals surface area contributed by atoms with Gasteiger partial charge in [0.05, 0.1) is 35.2 Å². The molecule has 0 spiro atoms. The molecule has 3 amide bonds. The Bertz CT molecular complexity index is 2090. The van der Waals surface area contributed by atoms with Crippen molar-refractivity contribution < 1.29 is 33.8 Å². The van der Waals surface area contributed by atoms with E-state index in [1.807, 2.05) is 20.8 Å². The fourth-order valence-corrected chi connectivity index (χ4v) is 10.1. The summed E-state index contributed by atoms with van der Waals surface area (Å²) in [6.07, 6.45) is 3.92. The average molecular weight is 818 g/mol. The highest BCUT2D eigenvalue weighted by Gasteiger charge is 2.48. The molecule has 14 nitrogen and oxygen atoms in total. The molecular formula is C43H59N7O7S. The normalized spacial score (nSPS) is 28.1. The van der Waals surface area contributed by atoms with Crippen molar-refractivity contribution in [1.29, 1.82) is 0 Å². The van der Waals surface area contributed by atoms with Crippen molar-refractivity contribution in [2.45, 2.75) is 117 Å². The van der Waals surface area contributed by atoms with Crippen LogP contribution in [0.4, 0.5) is 0 Å². The number of cyclic esters (lactones) is 1. The van der Waals surface area contributed by atoms with Crippen LogP contribution < -0.4 is 10.7 Å². The minimum absolute atomic E-state index is 0.0120. The van der Waals surface area contributed by atoms with Gasteiger partial charge in [0.2, 0.25) is 17.5 Å². The summed E-state index contributed by atoms with van der Waals surface area (Å²) in [5.41, 5.74) is 6.65. The molecular weight excluding hydrogens is 759 g/mol. The number of aliphatic hydroxyl groups is 1. The van der Waals surface area contributed by atoms with E-state index in [2.05, 4.69) is 60.5 Å². The number of ether oxygens (including phenoxy) is 2. The van der Waals surface area contributed by atoms with Crippen molar-refractivity contribution in [1.82, 2.24) is 25.2 Å². The van der Waals surface area contributed by atoms with Gasteiger partial charge in [-0.15, -0.1) is 11.8 Å². The van der Waals surface area contributed by atoms with E-state index < -0.39 is 41.0 Å². The third-order valence-electron chi connectivity index (χ3n) is 12.4. The number of carbonyl (C=O) groups is 4. The molecule has 2 aromatic rings. The van der Waals surface area contributed by atoms with Crippen LogP contribution in [0, 0.1) is 23.2 Å². The zero-order valence-electron chi connectivity index (χ0n) is 35.3. The molecule has 6 bridgehead atoms. The van der Waals surface area contributed by atoms with E-state index in [4.69, 9.17) is 19.5 Å². The second-order valence-corrected chi connectivity index (χ2v) is 18.8. The standard InChI is InChI=1S/C43H59N7O7S/c1-10-49-33-13-12-26-16-29(33)30(38(49)35-28-17-27(28)20-44-36(35)24(4)56-9)19-42(6,7)22-57-41(54)43(55)14-11-15-50(47-43)40(53)31(18-34-45-32(26)21-58-34)46-39(52)37(23(2)3)48(8)25(5)51/h12-13,16,20,23-24,27-28,31-32,37,47,55H,10-11,14-15,17-19,21-22H2,1-9H3,(H,46,52)/t24-,27?,28?,31-,32?,37-,43-/m0/s1. The number of methoxy groups -OCH3 is 1. The number of amides is 3. The lowest BCUT2D eigenvalue weighted by Gasteiger charge is -2.40. The van der Waals surface area contributed by atoms with Crippen LogP contribution in [0.1, 0.15) is 97.0 Å². The van der Waals surface area contributed by atoms with Gasteiger partial charge in [0.25, 0.3) is 5.91 Å². The van der Waals surface area contributed by atoms with Crippen LogP contribution in [0.3, 0.4) is 0 Å². The van der Waals surface area contributed by atoms with Gasteiger partial charge < -0.3 is 29.4 Å². The lowest BCUT2D eigenvalue weighted by Crippen LogP contribution is -2.67. The van der Waals surface area contributed by atoms with Gasteiger partial charge in [-0.25, -0.2) is 4.79 Å². The maximum Gasteiger partial charge on any atom is 0.355 e. The predicted molar refractivity (Wildman–Crippen MR) is 225 cm³/mol. The Morgan fingerprint density at radius 1 is 1.22 bits per heavy atom. The number of hydrazine groups is 1. The number of aliphatic imine (C=N–C) groups is 2. The minimum Gasteiger partial charge on any atom is -0.462 e. The topological polar surface area (TPSA) is 167 Å². The molecule has 2 fully saturated rings. The van der Waals surface area contributed by atoms with E-state index in [0.717, 1.165) is 46.4 Å². The molecule has 0 radical (unpaired) electrons. The highest BCUT2D eigenvalue weighted by Crippen LogP contribution is 2.54. The highest BCUT2D eigenvalue weighted by atomic mass is 32.2. The number of aromatic nitrogens is 1. The Labute approximate surface area is 345 Å². The maximum atomic E-state index is 14.4. The lowest BCUT2D eigenvalue weighted by molar-refractivity contribution is -0.189. The molecule has 7 rings (SSSR count). The number of esters is 1. The number of rotatable bonds is 8. The molecule has 5 aliphatic rings. The minimum atomic E-state index is -2.17. The fourth-order valence-electron chi connectivity index (χ4n) is 9.04. The number of carbonyl (C=O) groups excluding carboxylic acids is 4. The smallest absolute Gasteiger partial charge is 0.355 e. The summed E-state index contributed by atoms with van der Waals surface area (Å²) in [7, 11) is 3.29. The summed E-state index contributed by atoms with van der Waals surface area (Å²) in [5, 5.41) is 17.7. The molecule has 1 aromatic heterocycles. The van der Waals surface area contributed by atoms with Crippen LogP contribution >= 0.6 is 11.8 Å². The molecule has 7 atom stereocenters. The van der Waals surface area contributed by atoms with Gasteiger partial charge in [0.15, 0.2) is 0 Å². The first kappa shape index (κ1) is 42.1. The van der Waals surface area contributed by atoms with Crippen molar-refractivity contribution in [2.75, 3.05) is 33.1 Å². The van der Waals surface area contributed by atoms with E-state index in [1.165, 1.54) is 22.4 Å². The largest absolute Gasteiger partial charge is 0.462 e. The maximum absolute atomic E-state index is 14.4. The molecule has 15 heteroatoms. The van der Waals surface area contributed by atoms with E-state index in [-0.39, 0.29) is 50.0 Å². The van der Waals surface area contributed by atoms with Crippen molar-refractivity contribution >= 4 is 63.2 Å². The van der Waals surface area contributed by atoms with Crippen molar-refractivity contribution in [3.05, 3.63) is 40.7 Å². The molecule has 3 N–H and O–H groups in total. The van der Waals surface area contributed by atoms with Gasteiger partial charge in [-0.3, -0.25) is 29.4 Å². The Morgan fingerprint density at radius 2 is 1.98 bits per heavy atom. The molecule has 314 valence electrons. The third-order valence-corrected chi connectivity index (χ3v) is 13.5. The summed E-state index contributed by atoms with van der Waals surface area (Å²) in [5.74, 6) is -1.01. The Hall–Kier alpha value is -4.05. The summed E-state index contributed by atoms with van der Waals surface area (Å²) < 4.78 is 14.2. The van der Waals surface area contributed by atoms with Gasteiger partial charge >= 0.3 is 5.97 Å². The van der Waals surface area contributed by atoms with Crippen LogP contribution in [0.2, 0.25) is 0 Å². The number of thioether (sulfide) groups is 1. The number of allylic oxidation sites excluding steroid dienone is 1. The monoisotopic (exact) mass is 817 g/mol. The van der Waals surface area contributed by atoms with Gasteiger partial charge in [0, 0.05) is 86.8 Å². The molecule has 1 aliphatic carbocycles. The van der Waals surface area contributed by atoms with Crippen LogP contribution in [0.5, 0.6) is 0 Å². The third kappa shape index (κ3) is 7.99. The molecule has 1 saturated heterocycles. The number of likely N-dealkylation sites (N-methyl/N-ethyl adjacent to an activating group) is 1. The average Bonchev–Trinajstić information content (AvgIpc) is 3.73. The van der Waals surface area contributed by atoms with Crippen molar-refractivity contribution in [3.63, 3.8) is 0 Å². The lowest BCUT2D eigenvalue weighted by atomic mass is 9.83. The number of hydrogen-bond donors (Lipinski definition) is 3. The molecule has 1 saturated carbocycles. The summed E-state index contributed by atoms with van der Waals surface area (Å²) in [6.45, 7) is 14.4. The van der Waals surface area contributed by atoms with Crippen LogP contribution in [0.15, 0.2) is 33.9 Å². The van der Waals surface area contributed by atoms with Gasteiger partial charge in [-0.05, 0) is 68.2 Å². The predicted octanol–water partition coefficient (Wildman–Crippen LogP) is 4.63. The molecule has 4 aliphatic heterocycles. The number of fused-ring (bicyclic) bond motifs is 6. The number of aryl methyl sites for hydroxylation is 1. The summed E-state index contributed by atoms with van der Waals surface area (Å²) in [6, 6.07) is 4.46. The Kier molecular flexibility index (Phi) is 11.7. The second kappa shape index (κ2) is 16.2. The second-order valence-electron chi connectivity index (χ2n) is 17.7. The SMILES string of the molecule is CCn1c(C2=C([C@H](C)OC)N=CC3CC23)c2c3cc(ccc31)C1CSC(=N1)C[C@H](NC(=O)[C@H](C(C)C)N(C)C(C)=O)C(=O)N1CCC[C@@](O)(N1)C(=O)OCC(C)(C)C2. The van der Waals surface area contributed by atoms with E-state index in [1.54, 1.807) is 25.9 Å². The van der Waals surface area contributed by atoms with Crippen molar-refractivity contribution in [3.8, 4) is 0 Å². The fraction of sp³-hybridized carbons (Fsp3) is 0.628. The summed E-state index contributed by atoms with van der Waals surface area (Å²) >= 11 is 1.55. The van der Waals surface area contributed by atoms with Crippen LogP contribution in [-0.4, -0.2) is 112 Å². The number of nitrogens with zero attached hydrogens (tertiary/aromatic N) is 5. The first-order chi connectivity index (χ1) is 27.5. The molecule has 5 heterocycles. The molecule has 58 heavy (non-hydrogen) atoms. The van der Waals surface area contributed by atoms with E-state index >= 15 is 0 Å². The number of hydrogen-bond acceptors (Lipinski definition) is 11. The van der Waals surface area contributed by atoms with Crippen LogP contribution in [-0.2, 0) is 41.6 Å². The van der Waals surface area contributed by atoms with E-state index in [9.17, 15) is 24.3 Å². The highest BCUT2D eigenvalue weighted by molar-refractivity contribution is 8.14. The quantitative estimate of drug-likeness (QED) is 0.322. The van der Waals surface area contributed by atoms with Crippen LogP contribution in [0.25, 0.3) is 16.5 Å². The van der Waals surface area contributed by atoms with Crippen molar-refractivity contribution in [2.24, 2.45) is 33.2 Å². The van der Waals surface area contributed by atoms with Gasteiger partial charge in [-0.2, -0.15) is 5.43 Å². The Balaban J connectivity index is 1.34. The van der Waals surface area contributed by atoms with Gasteiger partial charge in [0.1, 0.15) is 12.1 Å². The molecule has 1 aromatic carbocycles. The first-order valence-corrected chi connectivity index (χ1v) is 21.6. The zero-order valence-corrected chi connectivity index (χ0v) is 36.1. The summed E-state index contributed by atoms with van der Waals surface area (Å²) in [4.78, 5) is 66.0. The Morgan fingerprint density at radius 3 is 2.67 bits per heavy atom. The number of benzene rings is 1. The molecule has 3 unspecified atom stereocenters. The number of nitrogens with one attached hydrogen (secondary N) is 2. The van der Waals surface area contributed by atoms with Gasteiger partial charge in [-0.1, -0.05) is 33.8 Å².